The third-order valence-electron chi connectivity index (χ3n) is 15.3. The van der Waals surface area contributed by atoms with Crippen molar-refractivity contribution in [3.8, 4) is 0 Å². The maximum absolute atomic E-state index is 10.6. The van der Waals surface area contributed by atoms with Gasteiger partial charge in [-0.1, -0.05) is 90.0 Å². The first-order chi connectivity index (χ1) is 26.1. The van der Waals surface area contributed by atoms with E-state index >= 15 is 0 Å². The van der Waals surface area contributed by atoms with Crippen LogP contribution in [-0.2, 0) is 47.4 Å². The molecule has 0 aliphatic carbocycles. The summed E-state index contributed by atoms with van der Waals surface area (Å²) in [6, 6.07) is 0. The predicted molar refractivity (Wildman–Crippen MR) is 204 cm³/mol. The molecule has 6 fully saturated rings. The van der Waals surface area contributed by atoms with Crippen LogP contribution in [0.2, 0.25) is 0 Å². The fraction of sp³-hybridized carbons (Fsp3) is 1.00. The standard InChI is InChI=1S/C43H76O12/c1-14-29-35(52-40-24(9)19(4)34(45)32(17-44)50-40)21(6)26(11)41(47-29)53-36-22(7)27(12)42(48-30(36)15-2)54-37-23(8)28(13)43(49-31(37)16-3)55-38-20(5)25(10)39-46-18-33(38)51-39/h19-45H,14-18H2,1-13H3/t19?,20?,21?,22-,23-,24?,25?,26?,27?,28?,29?,30?,31?,32?,33+,34+,35+,36-,37-,38+,39-,40-,41-,42+,43+/m1/s1. The summed E-state index contributed by atoms with van der Waals surface area (Å²) in [5, 5.41) is 20.5. The Kier molecular flexibility index (Phi) is 14.8. The summed E-state index contributed by atoms with van der Waals surface area (Å²) in [6.07, 6.45) is -2.15. The molecular weight excluding hydrogens is 708 g/mol. The zero-order valence-corrected chi connectivity index (χ0v) is 35.9. The van der Waals surface area contributed by atoms with Gasteiger partial charge in [0.25, 0.3) is 0 Å². The molecule has 0 aromatic heterocycles. The number of aliphatic hydroxyl groups excluding tert-OH is 2. The summed E-state index contributed by atoms with van der Waals surface area (Å²) in [6.45, 7) is 28.5. The fourth-order valence-electron chi connectivity index (χ4n) is 10.1. The Morgan fingerprint density at radius 3 is 1.16 bits per heavy atom. The van der Waals surface area contributed by atoms with Crippen molar-refractivity contribution in [1.82, 2.24) is 0 Å². The molecule has 25 atom stereocenters. The third kappa shape index (κ3) is 8.60. The van der Waals surface area contributed by atoms with Crippen molar-refractivity contribution in [1.29, 1.82) is 0 Å². The average Bonchev–Trinajstić information content (AvgIpc) is 3.64. The highest BCUT2D eigenvalue weighted by Crippen LogP contribution is 2.45. The molecule has 6 aliphatic heterocycles. The van der Waals surface area contributed by atoms with Crippen molar-refractivity contribution >= 4 is 0 Å². The van der Waals surface area contributed by atoms with Crippen LogP contribution < -0.4 is 0 Å². The van der Waals surface area contributed by atoms with Gasteiger partial charge in [0.15, 0.2) is 31.5 Å². The number of rotatable bonds is 12. The molecule has 12 nitrogen and oxygen atoms in total. The molecule has 0 spiro atoms. The Balaban J connectivity index is 1.08. The van der Waals surface area contributed by atoms with E-state index in [1.54, 1.807) is 0 Å². The van der Waals surface area contributed by atoms with Gasteiger partial charge in [-0.25, -0.2) is 0 Å². The van der Waals surface area contributed by atoms with Gasteiger partial charge in [0.1, 0.15) is 12.2 Å². The molecule has 6 heterocycles. The normalized spacial score (nSPS) is 54.7. The molecule has 0 radical (unpaired) electrons. The number of aliphatic hydroxyl groups is 2. The zero-order valence-electron chi connectivity index (χ0n) is 35.9. The Morgan fingerprint density at radius 1 is 0.436 bits per heavy atom. The van der Waals surface area contributed by atoms with Crippen LogP contribution in [0.1, 0.15) is 109 Å². The molecule has 0 saturated carbocycles. The van der Waals surface area contributed by atoms with Crippen molar-refractivity contribution in [2.75, 3.05) is 13.2 Å². The van der Waals surface area contributed by atoms with Gasteiger partial charge >= 0.3 is 0 Å². The van der Waals surface area contributed by atoms with Gasteiger partial charge in [-0.15, -0.1) is 0 Å². The zero-order chi connectivity index (χ0) is 40.0. The highest BCUT2D eigenvalue weighted by atomic mass is 16.8. The average molecular weight is 785 g/mol. The van der Waals surface area contributed by atoms with Gasteiger partial charge in [-0.05, 0) is 48.9 Å². The molecule has 55 heavy (non-hydrogen) atoms. The molecule has 0 aromatic carbocycles. The topological polar surface area (TPSA) is 133 Å². The molecule has 0 amide bonds. The van der Waals surface area contributed by atoms with Crippen LogP contribution in [0, 0.1) is 59.2 Å². The lowest BCUT2D eigenvalue weighted by atomic mass is 9.81. The van der Waals surface area contributed by atoms with Gasteiger partial charge in [0.05, 0.1) is 62.0 Å². The van der Waals surface area contributed by atoms with Crippen molar-refractivity contribution in [2.24, 2.45) is 59.2 Å². The van der Waals surface area contributed by atoms with Gasteiger partial charge in [0.2, 0.25) is 0 Å². The van der Waals surface area contributed by atoms with E-state index in [-0.39, 0.29) is 121 Å². The quantitative estimate of drug-likeness (QED) is 0.236. The lowest BCUT2D eigenvalue weighted by molar-refractivity contribution is -0.363. The van der Waals surface area contributed by atoms with E-state index < -0.39 is 31.1 Å². The Bertz CT molecular complexity index is 1200. The van der Waals surface area contributed by atoms with E-state index in [1.165, 1.54) is 0 Å². The molecular formula is C43H76O12. The molecule has 320 valence electrons. The van der Waals surface area contributed by atoms with Crippen molar-refractivity contribution in [3.63, 3.8) is 0 Å². The van der Waals surface area contributed by atoms with Crippen molar-refractivity contribution in [2.45, 2.75) is 202 Å². The Morgan fingerprint density at radius 2 is 0.782 bits per heavy atom. The van der Waals surface area contributed by atoms with Gasteiger partial charge < -0.3 is 57.6 Å². The number of hydrogen-bond donors (Lipinski definition) is 2. The minimum Gasteiger partial charge on any atom is -0.394 e. The second kappa shape index (κ2) is 18.4. The molecule has 12 unspecified atom stereocenters. The van der Waals surface area contributed by atoms with E-state index in [1.807, 2.05) is 13.8 Å². The van der Waals surface area contributed by atoms with E-state index in [0.29, 0.717) is 12.5 Å². The summed E-state index contributed by atoms with van der Waals surface area (Å²) >= 11 is 0. The summed E-state index contributed by atoms with van der Waals surface area (Å²) < 4.78 is 66.0. The maximum Gasteiger partial charge on any atom is 0.161 e. The SMILES string of the molecule is CCC1O[C@H](O[C@H]2C(CC)O[C@@H](O[C@H]3C(CC)O[C@@H](O[C@H]4C(C)C(C)[C@@H]5OC[C@@H]4O5)C(C)[C@H]3C)C(C)[C@H]2C)C(C)C(C)[C@@H]1O[C@H]1OC(CO)[C@@H](O)C(C)C1C. The van der Waals surface area contributed by atoms with Crippen LogP contribution in [0.15, 0.2) is 0 Å². The van der Waals surface area contributed by atoms with Crippen LogP contribution in [0.25, 0.3) is 0 Å². The first-order valence-electron chi connectivity index (χ1n) is 21.9. The molecule has 12 heteroatoms. The number of hydrogen-bond acceptors (Lipinski definition) is 12. The maximum atomic E-state index is 10.6. The summed E-state index contributed by atoms with van der Waals surface area (Å²) in [5.74, 6) is 1.08. The lowest BCUT2D eigenvalue weighted by Gasteiger charge is -2.52. The van der Waals surface area contributed by atoms with Crippen LogP contribution in [0.3, 0.4) is 0 Å². The smallest absolute Gasteiger partial charge is 0.161 e. The molecule has 6 saturated heterocycles. The highest BCUT2D eigenvalue weighted by molar-refractivity contribution is 4.95. The summed E-state index contributed by atoms with van der Waals surface area (Å²) in [7, 11) is 0. The fourth-order valence-corrected chi connectivity index (χ4v) is 10.1. The van der Waals surface area contributed by atoms with Gasteiger partial charge in [-0.3, -0.25) is 0 Å². The van der Waals surface area contributed by atoms with Crippen molar-refractivity contribution in [3.05, 3.63) is 0 Å². The van der Waals surface area contributed by atoms with Crippen LogP contribution >= 0.6 is 0 Å². The second-order valence-corrected chi connectivity index (χ2v) is 18.4. The van der Waals surface area contributed by atoms with E-state index in [0.717, 1.165) is 19.3 Å². The monoisotopic (exact) mass is 785 g/mol. The third-order valence-corrected chi connectivity index (χ3v) is 15.3. The highest BCUT2D eigenvalue weighted by Gasteiger charge is 2.53. The van der Waals surface area contributed by atoms with Crippen LogP contribution in [-0.4, -0.2) is 116 Å². The first-order valence-corrected chi connectivity index (χ1v) is 21.9. The Hall–Kier alpha value is -0.480. The van der Waals surface area contributed by atoms with E-state index in [9.17, 15) is 10.2 Å². The summed E-state index contributed by atoms with van der Waals surface area (Å²) in [5.41, 5.74) is 0. The Labute approximate surface area is 331 Å². The van der Waals surface area contributed by atoms with Crippen molar-refractivity contribution < 1.29 is 57.6 Å². The largest absolute Gasteiger partial charge is 0.394 e. The minimum absolute atomic E-state index is 0.0357. The first kappa shape index (κ1) is 44.1. The molecule has 2 bridgehead atoms. The lowest BCUT2D eigenvalue weighted by Crippen LogP contribution is -2.59. The minimum atomic E-state index is -0.735. The number of ether oxygens (including phenoxy) is 10. The predicted octanol–water partition coefficient (Wildman–Crippen LogP) is 6.13. The van der Waals surface area contributed by atoms with Gasteiger partial charge in [-0.2, -0.15) is 0 Å². The van der Waals surface area contributed by atoms with Crippen LogP contribution in [0.4, 0.5) is 0 Å². The molecule has 6 rings (SSSR count). The number of fused-ring (bicyclic) bond motifs is 2. The van der Waals surface area contributed by atoms with E-state index in [2.05, 4.69) is 76.2 Å². The van der Waals surface area contributed by atoms with E-state index in [4.69, 9.17) is 47.4 Å². The molecule has 2 N–H and O–H groups in total. The second-order valence-electron chi connectivity index (χ2n) is 18.4. The molecule has 0 aromatic rings. The van der Waals surface area contributed by atoms with Gasteiger partial charge in [0, 0.05) is 29.6 Å². The molecule has 6 aliphatic rings. The van der Waals surface area contributed by atoms with Crippen LogP contribution in [0.5, 0.6) is 0 Å². The summed E-state index contributed by atoms with van der Waals surface area (Å²) in [4.78, 5) is 0.